The van der Waals surface area contributed by atoms with Crippen LogP contribution in [0, 0.1) is 0 Å². The fourth-order valence-electron chi connectivity index (χ4n) is 0.0846. The molecule has 0 radical (unpaired) electrons. The van der Waals surface area contributed by atoms with E-state index in [1.54, 1.807) is 0 Å². The molecule has 0 aromatic carbocycles. The van der Waals surface area contributed by atoms with Crippen molar-refractivity contribution < 1.29 is 16.2 Å². The van der Waals surface area contributed by atoms with Gasteiger partial charge < -0.3 is 0 Å². The molecule has 0 nitrogen and oxygen atoms in total. The van der Waals surface area contributed by atoms with Gasteiger partial charge in [0.05, 0.1) is 0 Å². The van der Waals surface area contributed by atoms with Crippen molar-refractivity contribution >= 4 is 8.53 Å². The van der Waals surface area contributed by atoms with Crippen LogP contribution in [0.15, 0.2) is 24.6 Å². The summed E-state index contributed by atoms with van der Waals surface area (Å²) in [7, 11) is 0. The van der Waals surface area contributed by atoms with Crippen LogP contribution < -0.4 is 0 Å². The molecular formula is C6H4Ru. The third-order valence-corrected chi connectivity index (χ3v) is 1.26. The van der Waals surface area contributed by atoms with Gasteiger partial charge in [-0.15, -0.1) is 0 Å². The van der Waals surface area contributed by atoms with Crippen LogP contribution in [0.2, 0.25) is 0 Å². The molecule has 7 heavy (non-hydrogen) atoms. The molecule has 0 bridgehead atoms. The SMILES string of the molecule is C=C=[C]=[Ru]=[C]=C=C. The van der Waals surface area contributed by atoms with Crippen LogP contribution in [-0.4, -0.2) is 8.53 Å². The van der Waals surface area contributed by atoms with Gasteiger partial charge in [-0.25, -0.2) is 0 Å². The second-order valence-electron chi connectivity index (χ2n) is 0.619. The molecule has 36 valence electrons. The van der Waals surface area contributed by atoms with Crippen LogP contribution in [0.3, 0.4) is 0 Å². The van der Waals surface area contributed by atoms with E-state index in [9.17, 15) is 0 Å². The van der Waals surface area contributed by atoms with E-state index >= 15 is 0 Å². The summed E-state index contributed by atoms with van der Waals surface area (Å²) in [6.07, 6.45) is 0. The summed E-state index contributed by atoms with van der Waals surface area (Å²) in [6.45, 7) is 6.66. The number of hydrogen-bond donors (Lipinski definition) is 0. The molecule has 0 unspecified atom stereocenters. The Morgan fingerprint density at radius 2 is 1.43 bits per heavy atom. The van der Waals surface area contributed by atoms with Gasteiger partial charge >= 0.3 is 49.4 Å². The van der Waals surface area contributed by atoms with E-state index in [4.69, 9.17) is 0 Å². The van der Waals surface area contributed by atoms with E-state index in [0.29, 0.717) is 0 Å². The van der Waals surface area contributed by atoms with Gasteiger partial charge in [0.15, 0.2) is 0 Å². The van der Waals surface area contributed by atoms with Crippen LogP contribution in [0.5, 0.6) is 0 Å². The Morgan fingerprint density at radius 1 is 1.00 bits per heavy atom. The molecule has 0 fully saturated rings. The van der Waals surface area contributed by atoms with Crippen molar-refractivity contribution in [1.82, 2.24) is 0 Å². The molecule has 0 aliphatic rings. The van der Waals surface area contributed by atoms with Gasteiger partial charge in [0.25, 0.3) is 0 Å². The minimum atomic E-state index is -0.0747. The second-order valence-corrected chi connectivity index (χ2v) is 1.92. The predicted octanol–water partition coefficient (Wildman–Crippen LogP) is 0.553. The Hall–Kier alpha value is -0.517. The molecule has 0 N–H and O–H groups in total. The topological polar surface area (TPSA) is 0 Å². The van der Waals surface area contributed by atoms with Crippen molar-refractivity contribution in [3.63, 3.8) is 0 Å². The summed E-state index contributed by atoms with van der Waals surface area (Å²) in [5.41, 5.74) is 5.02. The first-order valence-electron chi connectivity index (χ1n) is 1.56. The van der Waals surface area contributed by atoms with Gasteiger partial charge in [-0.3, -0.25) is 0 Å². The predicted molar refractivity (Wildman–Crippen MR) is 28.3 cm³/mol. The molecule has 0 saturated carbocycles. The molecule has 0 amide bonds. The average Bonchev–Trinajstić information content (AvgIpc) is 1.69. The van der Waals surface area contributed by atoms with Gasteiger partial charge in [-0.1, -0.05) is 0 Å². The zero-order chi connectivity index (χ0) is 5.54. The van der Waals surface area contributed by atoms with Crippen molar-refractivity contribution in [2.45, 2.75) is 0 Å². The Kier molecular flexibility index (Phi) is 5.08. The normalized spacial score (nSPS) is 4.57. The molecule has 0 spiro atoms. The first kappa shape index (κ1) is 6.48. The summed E-state index contributed by atoms with van der Waals surface area (Å²) in [6, 6.07) is 0. The minimum absolute atomic E-state index is 0.0747. The average molecular weight is 177 g/mol. The van der Waals surface area contributed by atoms with Crippen LogP contribution in [0.1, 0.15) is 0 Å². The fraction of sp³-hybridized carbons (Fsp3) is 0. The van der Waals surface area contributed by atoms with Gasteiger partial charge in [-0.2, -0.15) is 0 Å². The quantitative estimate of drug-likeness (QED) is 0.374. The summed E-state index contributed by atoms with van der Waals surface area (Å²) in [5, 5.41) is 0. The van der Waals surface area contributed by atoms with Crippen LogP contribution in [0.4, 0.5) is 0 Å². The Balaban J connectivity index is 4.89. The maximum atomic E-state index is 3.33. The van der Waals surface area contributed by atoms with E-state index in [2.05, 4.69) is 33.1 Å². The van der Waals surface area contributed by atoms with E-state index in [1.165, 1.54) is 0 Å². The van der Waals surface area contributed by atoms with Crippen molar-refractivity contribution in [2.24, 2.45) is 0 Å². The van der Waals surface area contributed by atoms with Crippen molar-refractivity contribution in [2.75, 3.05) is 0 Å². The van der Waals surface area contributed by atoms with E-state index < -0.39 is 0 Å². The fourth-order valence-corrected chi connectivity index (χ4v) is 0.500. The van der Waals surface area contributed by atoms with E-state index in [-0.39, 0.29) is 16.2 Å². The van der Waals surface area contributed by atoms with Gasteiger partial charge in [0, 0.05) is 0 Å². The van der Waals surface area contributed by atoms with Crippen LogP contribution >= 0.6 is 0 Å². The number of rotatable bonds is 0. The molecule has 1 heteroatoms. The van der Waals surface area contributed by atoms with Gasteiger partial charge in [0.2, 0.25) is 0 Å². The molecule has 0 atom stereocenters. The summed E-state index contributed by atoms with van der Waals surface area (Å²) < 4.78 is 5.53. The van der Waals surface area contributed by atoms with Crippen molar-refractivity contribution in [1.29, 1.82) is 0 Å². The Morgan fingerprint density at radius 3 is 1.71 bits per heavy atom. The van der Waals surface area contributed by atoms with E-state index in [0.717, 1.165) is 0 Å². The Bertz CT molecular complexity index is 187. The number of hydrogen-bond acceptors (Lipinski definition) is 0. The molecule has 0 rings (SSSR count). The molecule has 0 aromatic heterocycles. The second kappa shape index (κ2) is 5.48. The van der Waals surface area contributed by atoms with Crippen LogP contribution in [-0.2, 0) is 16.2 Å². The first-order valence-corrected chi connectivity index (χ1v) is 3.30. The van der Waals surface area contributed by atoms with Crippen molar-refractivity contribution in [3.05, 3.63) is 24.6 Å². The monoisotopic (exact) mass is 178 g/mol. The van der Waals surface area contributed by atoms with Gasteiger partial charge in [-0.05, 0) is 0 Å². The van der Waals surface area contributed by atoms with E-state index in [1.807, 2.05) is 0 Å². The molecule has 0 heterocycles. The molecule has 0 saturated heterocycles. The standard InChI is InChI=1S/2C3H2.Ru/c2*1-3-2;/h2*1H2;. The molecular weight excluding hydrogens is 173 g/mol. The summed E-state index contributed by atoms with van der Waals surface area (Å²) >= 11 is -0.0747. The molecule has 0 aromatic rings. The third-order valence-electron chi connectivity index (χ3n) is 0.213. The van der Waals surface area contributed by atoms with Gasteiger partial charge in [0.1, 0.15) is 0 Å². The summed E-state index contributed by atoms with van der Waals surface area (Å²) in [5.74, 6) is 0. The summed E-state index contributed by atoms with van der Waals surface area (Å²) in [4.78, 5) is 0. The zero-order valence-electron chi connectivity index (χ0n) is 3.77. The molecule has 0 aliphatic carbocycles. The van der Waals surface area contributed by atoms with Crippen molar-refractivity contribution in [3.8, 4) is 0 Å². The zero-order valence-corrected chi connectivity index (χ0v) is 5.51. The third kappa shape index (κ3) is 5.48. The first-order chi connectivity index (χ1) is 3.41. The Labute approximate surface area is 49.8 Å². The molecule has 0 aliphatic heterocycles. The maximum absolute atomic E-state index is 3.33. The van der Waals surface area contributed by atoms with Crippen LogP contribution in [0.25, 0.3) is 0 Å².